The highest BCUT2D eigenvalue weighted by Gasteiger charge is 2.31. The lowest BCUT2D eigenvalue weighted by molar-refractivity contribution is -0.138. The highest BCUT2D eigenvalue weighted by atomic mass is 32.2. The van der Waals surface area contributed by atoms with Crippen LogP contribution in [0.1, 0.15) is 25.8 Å². The van der Waals surface area contributed by atoms with Crippen LogP contribution < -0.4 is 0 Å². The zero-order chi connectivity index (χ0) is 18.2. The lowest BCUT2D eigenvalue weighted by Crippen LogP contribution is -2.43. The number of hydrogen-bond acceptors (Lipinski definition) is 4. The second kappa shape index (κ2) is 6.86. The fourth-order valence-corrected chi connectivity index (χ4v) is 4.04. The summed E-state index contributed by atoms with van der Waals surface area (Å²) in [6.07, 6.45) is -2.37. The summed E-state index contributed by atoms with van der Waals surface area (Å²) >= 11 is 1.11. The number of rotatable bonds is 3. The number of carbonyl (C=O) groups excluding carboxylic acids is 1. The Morgan fingerprint density at radius 2 is 1.92 bits per heavy atom. The van der Waals surface area contributed by atoms with Gasteiger partial charge >= 0.3 is 6.18 Å². The third-order valence-electron chi connectivity index (χ3n) is 4.24. The first kappa shape index (κ1) is 18.0. The number of carbonyl (C=O) groups is 1. The molecule has 0 bridgehead atoms. The lowest BCUT2D eigenvalue weighted by Gasteiger charge is -2.34. The Kier molecular flexibility index (Phi) is 4.95. The molecule has 2 aromatic rings. The minimum Gasteiger partial charge on any atom is -0.341 e. The average Bonchev–Trinajstić information content (AvgIpc) is 2.93. The molecule has 136 valence electrons. The summed E-state index contributed by atoms with van der Waals surface area (Å²) in [6, 6.07) is 2.25. The van der Waals surface area contributed by atoms with Crippen molar-refractivity contribution in [1.29, 1.82) is 0 Å². The predicted molar refractivity (Wildman–Crippen MR) is 88.2 cm³/mol. The first-order chi connectivity index (χ1) is 11.7. The van der Waals surface area contributed by atoms with Crippen LogP contribution in [0.5, 0.6) is 0 Å². The number of alkyl halides is 3. The lowest BCUT2D eigenvalue weighted by atomic mass is 9.92. The molecule has 2 atom stereocenters. The number of pyridine rings is 1. The van der Waals surface area contributed by atoms with Gasteiger partial charge in [0.05, 0.1) is 11.3 Å². The minimum absolute atomic E-state index is 0.0212. The minimum atomic E-state index is -4.43. The first-order valence-electron chi connectivity index (χ1n) is 8.06. The SMILES string of the molecule is CC1CC(C)CN(C(=O)CSc2nnc3ccc(C(F)(F)F)cn23)C1. The van der Waals surface area contributed by atoms with Crippen molar-refractivity contribution in [2.75, 3.05) is 18.8 Å². The van der Waals surface area contributed by atoms with Gasteiger partial charge in [-0.25, -0.2) is 0 Å². The van der Waals surface area contributed by atoms with Crippen LogP contribution in [-0.4, -0.2) is 44.2 Å². The van der Waals surface area contributed by atoms with Crippen molar-refractivity contribution in [3.63, 3.8) is 0 Å². The summed E-state index contributed by atoms with van der Waals surface area (Å²) in [5, 5.41) is 8.04. The maximum absolute atomic E-state index is 12.9. The van der Waals surface area contributed by atoms with E-state index in [1.165, 1.54) is 10.5 Å². The molecule has 0 spiro atoms. The molecule has 0 radical (unpaired) electrons. The molecule has 1 fully saturated rings. The van der Waals surface area contributed by atoms with Gasteiger partial charge < -0.3 is 4.90 Å². The van der Waals surface area contributed by atoms with Crippen LogP contribution in [-0.2, 0) is 11.0 Å². The normalized spacial score (nSPS) is 21.7. The number of halogens is 3. The molecular weight excluding hydrogens is 353 g/mol. The van der Waals surface area contributed by atoms with Gasteiger partial charge in [0.2, 0.25) is 5.91 Å². The highest BCUT2D eigenvalue weighted by molar-refractivity contribution is 7.99. The third kappa shape index (κ3) is 4.08. The van der Waals surface area contributed by atoms with Crippen molar-refractivity contribution in [3.05, 3.63) is 23.9 Å². The number of nitrogens with zero attached hydrogens (tertiary/aromatic N) is 4. The number of thioether (sulfide) groups is 1. The highest BCUT2D eigenvalue weighted by Crippen LogP contribution is 2.30. The molecule has 2 aromatic heterocycles. The maximum Gasteiger partial charge on any atom is 0.417 e. The van der Waals surface area contributed by atoms with Gasteiger partial charge in [-0.2, -0.15) is 13.2 Å². The Morgan fingerprint density at radius 1 is 1.24 bits per heavy atom. The molecule has 2 unspecified atom stereocenters. The molecule has 0 N–H and O–H groups in total. The van der Waals surface area contributed by atoms with Crippen molar-refractivity contribution in [2.45, 2.75) is 31.6 Å². The van der Waals surface area contributed by atoms with Crippen LogP contribution in [0.25, 0.3) is 5.65 Å². The number of fused-ring (bicyclic) bond motifs is 1. The van der Waals surface area contributed by atoms with E-state index in [0.29, 0.717) is 17.5 Å². The van der Waals surface area contributed by atoms with Crippen molar-refractivity contribution >= 4 is 23.3 Å². The zero-order valence-corrected chi connectivity index (χ0v) is 14.8. The Labute approximate surface area is 147 Å². The van der Waals surface area contributed by atoms with E-state index in [1.54, 1.807) is 0 Å². The van der Waals surface area contributed by atoms with Crippen LogP contribution >= 0.6 is 11.8 Å². The van der Waals surface area contributed by atoms with Gasteiger partial charge in [0.1, 0.15) is 0 Å². The van der Waals surface area contributed by atoms with Crippen molar-refractivity contribution in [1.82, 2.24) is 19.5 Å². The second-order valence-electron chi connectivity index (χ2n) is 6.66. The molecular formula is C16H19F3N4OS. The predicted octanol–water partition coefficient (Wildman–Crippen LogP) is 3.34. The van der Waals surface area contributed by atoms with Gasteiger partial charge in [0.25, 0.3) is 0 Å². The molecule has 25 heavy (non-hydrogen) atoms. The summed E-state index contributed by atoms with van der Waals surface area (Å²) in [5.41, 5.74) is -0.449. The van der Waals surface area contributed by atoms with E-state index in [0.717, 1.165) is 43.5 Å². The number of aromatic nitrogens is 3. The first-order valence-corrected chi connectivity index (χ1v) is 9.05. The largest absolute Gasteiger partial charge is 0.417 e. The Hall–Kier alpha value is -1.77. The quantitative estimate of drug-likeness (QED) is 0.776. The summed E-state index contributed by atoms with van der Waals surface area (Å²) in [5.74, 6) is 1.03. The summed E-state index contributed by atoms with van der Waals surface area (Å²) in [6.45, 7) is 5.69. The average molecular weight is 372 g/mol. The zero-order valence-electron chi connectivity index (χ0n) is 14.0. The van der Waals surface area contributed by atoms with Crippen LogP contribution in [0, 0.1) is 11.8 Å². The second-order valence-corrected chi connectivity index (χ2v) is 7.60. The topological polar surface area (TPSA) is 50.5 Å². The van der Waals surface area contributed by atoms with E-state index < -0.39 is 11.7 Å². The Bertz CT molecular complexity index is 766. The van der Waals surface area contributed by atoms with Crippen LogP contribution in [0.2, 0.25) is 0 Å². The molecule has 3 heterocycles. The molecule has 0 saturated carbocycles. The summed E-state index contributed by atoms with van der Waals surface area (Å²) in [4.78, 5) is 14.2. The molecule has 1 aliphatic rings. The van der Waals surface area contributed by atoms with Crippen molar-refractivity contribution < 1.29 is 18.0 Å². The molecule has 1 saturated heterocycles. The van der Waals surface area contributed by atoms with E-state index in [2.05, 4.69) is 24.0 Å². The number of hydrogen-bond donors (Lipinski definition) is 0. The van der Waals surface area contributed by atoms with Gasteiger partial charge in [-0.1, -0.05) is 25.6 Å². The molecule has 5 nitrogen and oxygen atoms in total. The fourth-order valence-electron chi connectivity index (χ4n) is 3.22. The smallest absolute Gasteiger partial charge is 0.341 e. The van der Waals surface area contributed by atoms with Crippen LogP contribution in [0.15, 0.2) is 23.5 Å². The number of piperidine rings is 1. The van der Waals surface area contributed by atoms with E-state index in [1.807, 2.05) is 4.90 Å². The number of likely N-dealkylation sites (tertiary alicyclic amines) is 1. The van der Waals surface area contributed by atoms with Crippen LogP contribution in [0.4, 0.5) is 13.2 Å². The van der Waals surface area contributed by atoms with Gasteiger partial charge in [-0.05, 0) is 30.4 Å². The standard InChI is InChI=1S/C16H19F3N4OS/c1-10-5-11(2)7-22(6-10)14(24)9-25-15-21-20-13-4-3-12(8-23(13)15)16(17,18)19/h3-4,8,10-11H,5-7,9H2,1-2H3. The van der Waals surface area contributed by atoms with E-state index in [-0.39, 0.29) is 16.8 Å². The fraction of sp³-hybridized carbons (Fsp3) is 0.562. The molecule has 0 aliphatic carbocycles. The monoisotopic (exact) mass is 372 g/mol. The molecule has 1 aliphatic heterocycles. The molecule has 0 aromatic carbocycles. The van der Waals surface area contributed by atoms with Gasteiger partial charge in [-0.3, -0.25) is 9.20 Å². The van der Waals surface area contributed by atoms with Gasteiger partial charge in [-0.15, -0.1) is 10.2 Å². The molecule has 9 heteroatoms. The Morgan fingerprint density at radius 3 is 2.56 bits per heavy atom. The molecule has 3 rings (SSSR count). The summed E-state index contributed by atoms with van der Waals surface area (Å²) < 4.78 is 39.9. The van der Waals surface area contributed by atoms with Crippen molar-refractivity contribution in [3.8, 4) is 0 Å². The van der Waals surface area contributed by atoms with Crippen LogP contribution in [0.3, 0.4) is 0 Å². The van der Waals surface area contributed by atoms with Crippen molar-refractivity contribution in [2.24, 2.45) is 11.8 Å². The van der Waals surface area contributed by atoms with Gasteiger partial charge in [0, 0.05) is 19.3 Å². The third-order valence-corrected chi connectivity index (χ3v) is 5.17. The molecule has 1 amide bonds. The Balaban J connectivity index is 1.71. The maximum atomic E-state index is 12.9. The van der Waals surface area contributed by atoms with E-state index >= 15 is 0 Å². The van der Waals surface area contributed by atoms with E-state index in [4.69, 9.17) is 0 Å². The number of amides is 1. The van der Waals surface area contributed by atoms with E-state index in [9.17, 15) is 18.0 Å². The summed E-state index contributed by atoms with van der Waals surface area (Å²) in [7, 11) is 0. The van der Waals surface area contributed by atoms with Gasteiger partial charge in [0.15, 0.2) is 10.8 Å².